The van der Waals surface area contributed by atoms with Gasteiger partial charge in [-0.25, -0.2) is 0 Å². The highest BCUT2D eigenvalue weighted by Crippen LogP contribution is 2.19. The van der Waals surface area contributed by atoms with Gasteiger partial charge in [-0.05, 0) is 27.7 Å². The highest BCUT2D eigenvalue weighted by atomic mass is 35.5. The van der Waals surface area contributed by atoms with Crippen LogP contribution in [-0.2, 0) is 20.8 Å². The zero-order chi connectivity index (χ0) is 22.2. The first kappa shape index (κ1) is 33.5. The Balaban J connectivity index is -0.000000514. The summed E-state index contributed by atoms with van der Waals surface area (Å²) in [5.74, 6) is 1.84. The van der Waals surface area contributed by atoms with E-state index in [9.17, 15) is 0 Å². The SMILES string of the molecule is CC(C)(N=NC(C)(C)C1=NCCN1)C1=NCCN1.Cl.Cl.O=S(=O)(O)O.O=S(=O)(O)O. The van der Waals surface area contributed by atoms with E-state index in [1.165, 1.54) is 0 Å². The largest absolute Gasteiger partial charge is 0.394 e. The van der Waals surface area contributed by atoms with Crippen molar-refractivity contribution < 1.29 is 35.0 Å². The first-order valence-corrected chi connectivity index (χ1v) is 10.6. The summed E-state index contributed by atoms with van der Waals surface area (Å²) >= 11 is 0. The van der Waals surface area contributed by atoms with Crippen molar-refractivity contribution in [1.29, 1.82) is 0 Å². The quantitative estimate of drug-likeness (QED) is 0.223. The molecule has 0 amide bonds. The molecule has 0 atom stereocenters. The van der Waals surface area contributed by atoms with Crippen LogP contribution >= 0.6 is 24.8 Å². The minimum Gasteiger partial charge on any atom is -0.370 e. The van der Waals surface area contributed by atoms with Gasteiger partial charge in [0, 0.05) is 13.1 Å². The van der Waals surface area contributed by atoms with Crippen molar-refractivity contribution >= 4 is 57.3 Å². The second-order valence-corrected chi connectivity index (χ2v) is 8.32. The van der Waals surface area contributed by atoms with Gasteiger partial charge in [-0.2, -0.15) is 27.1 Å². The predicted octanol–water partition coefficient (Wildman–Crippen LogP) is 0.537. The maximum atomic E-state index is 8.74. The molecule has 6 N–H and O–H groups in total. The summed E-state index contributed by atoms with van der Waals surface area (Å²) in [6.07, 6.45) is 0. The number of rotatable bonds is 4. The highest BCUT2D eigenvalue weighted by Gasteiger charge is 2.31. The Bertz CT molecular complexity index is 744. The maximum Gasteiger partial charge on any atom is 0.394 e. The van der Waals surface area contributed by atoms with Crippen LogP contribution in [0.1, 0.15) is 27.7 Å². The summed E-state index contributed by atoms with van der Waals surface area (Å²) in [6.45, 7) is 11.5. The maximum absolute atomic E-state index is 8.74. The van der Waals surface area contributed by atoms with Crippen LogP contribution in [0.3, 0.4) is 0 Å². The monoisotopic (exact) mass is 518 g/mol. The average Bonchev–Trinajstić information content (AvgIpc) is 3.15. The molecule has 0 spiro atoms. The topological polar surface area (TPSA) is 223 Å². The van der Waals surface area contributed by atoms with Gasteiger partial charge in [0.1, 0.15) is 22.7 Å². The second-order valence-electron chi connectivity index (χ2n) is 6.53. The summed E-state index contributed by atoms with van der Waals surface area (Å²) in [7, 11) is -9.33. The van der Waals surface area contributed by atoms with Crippen LogP contribution < -0.4 is 10.6 Å². The highest BCUT2D eigenvalue weighted by molar-refractivity contribution is 7.80. The van der Waals surface area contributed by atoms with Crippen LogP contribution in [0.25, 0.3) is 0 Å². The minimum absolute atomic E-state index is 0. The molecule has 0 unspecified atom stereocenters. The third-order valence-electron chi connectivity index (χ3n) is 3.06. The van der Waals surface area contributed by atoms with Gasteiger partial charge in [0.2, 0.25) is 0 Å². The van der Waals surface area contributed by atoms with Gasteiger partial charge < -0.3 is 10.6 Å². The number of halogens is 2. The molecule has 18 heteroatoms. The van der Waals surface area contributed by atoms with Crippen molar-refractivity contribution in [3.8, 4) is 0 Å². The van der Waals surface area contributed by atoms with Crippen LogP contribution in [0.5, 0.6) is 0 Å². The van der Waals surface area contributed by atoms with Crippen LogP contribution in [0.15, 0.2) is 20.2 Å². The molecule has 30 heavy (non-hydrogen) atoms. The predicted molar refractivity (Wildman–Crippen MR) is 116 cm³/mol. The molecule has 2 aliphatic heterocycles. The minimum atomic E-state index is -4.67. The Morgan fingerprint density at radius 2 is 0.967 bits per heavy atom. The summed E-state index contributed by atoms with van der Waals surface area (Å²) in [5, 5.41) is 15.4. The van der Waals surface area contributed by atoms with Gasteiger partial charge in [0.05, 0.1) is 13.1 Å². The number of nitrogens with one attached hydrogen (secondary N) is 2. The third kappa shape index (κ3) is 17.7. The van der Waals surface area contributed by atoms with Crippen LogP contribution in [0, 0.1) is 0 Å². The molecular weight excluding hydrogens is 491 g/mol. The molecule has 0 radical (unpaired) electrons. The van der Waals surface area contributed by atoms with E-state index in [-0.39, 0.29) is 24.8 Å². The molecule has 2 aliphatic rings. The number of hydrogen-bond acceptors (Lipinski definition) is 10. The molecule has 0 saturated heterocycles. The third-order valence-corrected chi connectivity index (χ3v) is 3.06. The van der Waals surface area contributed by atoms with Crippen LogP contribution in [-0.4, -0.2) is 84.0 Å². The van der Waals surface area contributed by atoms with Crippen molar-refractivity contribution in [2.45, 2.75) is 38.8 Å². The molecule has 2 heterocycles. The number of hydrogen-bond donors (Lipinski definition) is 6. The lowest BCUT2D eigenvalue weighted by Crippen LogP contribution is -2.41. The second kappa shape index (κ2) is 13.3. The van der Waals surface area contributed by atoms with Crippen molar-refractivity contribution in [3.05, 3.63) is 0 Å². The number of nitrogens with zero attached hydrogens (tertiary/aromatic N) is 4. The van der Waals surface area contributed by atoms with Gasteiger partial charge in [0.25, 0.3) is 0 Å². The van der Waals surface area contributed by atoms with Gasteiger partial charge in [-0.1, -0.05) is 0 Å². The van der Waals surface area contributed by atoms with E-state index in [4.69, 9.17) is 35.0 Å². The normalized spacial score (nSPS) is 16.3. The average molecular weight is 519 g/mol. The van der Waals surface area contributed by atoms with Gasteiger partial charge in [-0.15, -0.1) is 24.8 Å². The van der Waals surface area contributed by atoms with Gasteiger partial charge >= 0.3 is 20.8 Å². The molecule has 0 aromatic heterocycles. The van der Waals surface area contributed by atoms with Crippen LogP contribution in [0.2, 0.25) is 0 Å². The number of aliphatic imine (C=N–C) groups is 2. The van der Waals surface area contributed by atoms with Crippen molar-refractivity contribution in [1.82, 2.24) is 10.6 Å². The Hall–Kier alpha value is -1.14. The molecular formula is C12H28Cl2N6O8S2. The lowest BCUT2D eigenvalue weighted by Gasteiger charge is -2.23. The van der Waals surface area contributed by atoms with Gasteiger partial charge in [-0.3, -0.25) is 28.2 Å². The molecule has 0 bridgehead atoms. The van der Waals surface area contributed by atoms with E-state index in [1.807, 2.05) is 27.7 Å². The van der Waals surface area contributed by atoms with E-state index < -0.39 is 31.9 Å². The first-order valence-electron chi connectivity index (χ1n) is 7.83. The van der Waals surface area contributed by atoms with Crippen molar-refractivity contribution in [2.24, 2.45) is 20.2 Å². The molecule has 14 nitrogen and oxygen atoms in total. The summed E-state index contributed by atoms with van der Waals surface area (Å²) in [6, 6.07) is 0. The van der Waals surface area contributed by atoms with E-state index in [0.717, 1.165) is 37.9 Å². The number of azo groups is 1. The fourth-order valence-corrected chi connectivity index (χ4v) is 1.96. The van der Waals surface area contributed by atoms with Gasteiger partial charge in [0.15, 0.2) is 0 Å². The summed E-state index contributed by atoms with van der Waals surface area (Å²) < 4.78 is 63.2. The molecule has 180 valence electrons. The molecule has 0 aliphatic carbocycles. The fraction of sp³-hybridized carbons (Fsp3) is 0.833. The summed E-state index contributed by atoms with van der Waals surface area (Å²) in [4.78, 5) is 8.82. The molecule has 0 aromatic rings. The first-order chi connectivity index (χ1) is 12.4. The molecule has 2 rings (SSSR count). The molecule has 0 saturated carbocycles. The Morgan fingerprint density at radius 3 is 1.13 bits per heavy atom. The standard InChI is InChI=1S/C12H22N6.2ClH.2H2O4S/c1-11(2,9-13-5-6-14-9)17-18-12(3,4)10-15-7-8-16-10;;;2*1-5(2,3)4/h5-8H2,1-4H3,(H,13,14)(H,15,16);2*1H;2*(H2,1,2,3,4). The zero-order valence-corrected chi connectivity index (χ0v) is 19.9. The Labute approximate surface area is 188 Å². The van der Waals surface area contributed by atoms with Crippen LogP contribution in [0.4, 0.5) is 0 Å². The summed E-state index contributed by atoms with van der Waals surface area (Å²) in [5.41, 5.74) is -0.792. The van der Waals surface area contributed by atoms with E-state index >= 15 is 0 Å². The van der Waals surface area contributed by atoms with Crippen molar-refractivity contribution in [2.75, 3.05) is 26.2 Å². The molecule has 0 aromatic carbocycles. The zero-order valence-electron chi connectivity index (χ0n) is 16.7. The van der Waals surface area contributed by atoms with E-state index in [1.54, 1.807) is 0 Å². The number of amidine groups is 2. The Kier molecular flexibility index (Phi) is 14.9. The lowest BCUT2D eigenvalue weighted by atomic mass is 10.0. The van der Waals surface area contributed by atoms with Crippen molar-refractivity contribution in [3.63, 3.8) is 0 Å². The lowest BCUT2D eigenvalue weighted by molar-refractivity contribution is 0.378. The fourth-order valence-electron chi connectivity index (χ4n) is 1.96. The Morgan fingerprint density at radius 1 is 0.733 bits per heavy atom. The van der Waals surface area contributed by atoms with E-state index in [2.05, 4.69) is 30.8 Å². The smallest absolute Gasteiger partial charge is 0.370 e. The molecule has 0 fully saturated rings. The van der Waals surface area contributed by atoms with E-state index in [0.29, 0.717) is 0 Å².